The number of hydrogen-bond acceptors (Lipinski definition) is 2. The van der Waals surface area contributed by atoms with E-state index in [9.17, 15) is 4.79 Å². The van der Waals surface area contributed by atoms with Crippen LogP contribution >= 0.6 is 11.3 Å². The minimum Gasteiger partial charge on any atom is -0.293 e. The van der Waals surface area contributed by atoms with Crippen molar-refractivity contribution < 1.29 is 4.79 Å². The Kier molecular flexibility index (Phi) is 3.64. The molecule has 0 atom stereocenters. The summed E-state index contributed by atoms with van der Waals surface area (Å²) in [5, 5.41) is 0. The number of hydrogen-bond donors (Lipinski definition) is 0. The predicted molar refractivity (Wildman–Crippen MR) is 62.2 cm³/mol. The highest BCUT2D eigenvalue weighted by Crippen LogP contribution is 2.23. The average Bonchev–Trinajstić information content (AvgIpc) is 2.47. The van der Waals surface area contributed by atoms with Crippen LogP contribution in [0.3, 0.4) is 0 Å². The van der Waals surface area contributed by atoms with Crippen LogP contribution in [-0.2, 0) is 0 Å². The van der Waals surface area contributed by atoms with E-state index in [1.165, 1.54) is 10.4 Å². The summed E-state index contributed by atoms with van der Waals surface area (Å²) in [5.41, 5.74) is 2.22. The summed E-state index contributed by atoms with van der Waals surface area (Å²) in [5.74, 6) is 0.207. The van der Waals surface area contributed by atoms with Crippen molar-refractivity contribution in [2.45, 2.75) is 33.6 Å². The van der Waals surface area contributed by atoms with Crippen molar-refractivity contribution in [1.29, 1.82) is 0 Å². The Morgan fingerprint density at radius 1 is 1.50 bits per heavy atom. The van der Waals surface area contributed by atoms with E-state index in [4.69, 9.17) is 0 Å². The Morgan fingerprint density at radius 2 is 2.14 bits per heavy atom. The summed E-state index contributed by atoms with van der Waals surface area (Å²) in [7, 11) is 0. The molecule has 1 aromatic rings. The van der Waals surface area contributed by atoms with E-state index in [0.29, 0.717) is 6.42 Å². The minimum absolute atomic E-state index is 0.207. The minimum atomic E-state index is 0.207. The molecular weight excluding hydrogens is 192 g/mol. The maximum atomic E-state index is 11.7. The average molecular weight is 208 g/mol. The van der Waals surface area contributed by atoms with Gasteiger partial charge in [-0.3, -0.25) is 4.79 Å². The summed E-state index contributed by atoms with van der Waals surface area (Å²) in [4.78, 5) is 13.8. The van der Waals surface area contributed by atoms with Gasteiger partial charge in [-0.05, 0) is 31.9 Å². The monoisotopic (exact) mass is 208 g/mol. The van der Waals surface area contributed by atoms with Gasteiger partial charge >= 0.3 is 0 Å². The molecule has 0 aliphatic carbocycles. The lowest BCUT2D eigenvalue weighted by atomic mass is 10.1. The van der Waals surface area contributed by atoms with Crippen LogP contribution in [0.5, 0.6) is 0 Å². The Hall–Kier alpha value is -0.890. The molecule has 0 radical (unpaired) electrons. The summed E-state index contributed by atoms with van der Waals surface area (Å²) in [6.45, 7) is 9.97. The van der Waals surface area contributed by atoms with E-state index in [1.807, 2.05) is 26.8 Å². The Morgan fingerprint density at radius 3 is 2.57 bits per heavy atom. The van der Waals surface area contributed by atoms with Gasteiger partial charge in [-0.25, -0.2) is 0 Å². The second-order valence-electron chi connectivity index (χ2n) is 3.55. The fourth-order valence-corrected chi connectivity index (χ4v) is 2.12. The molecule has 0 saturated heterocycles. The lowest BCUT2D eigenvalue weighted by molar-refractivity contribution is 0.0996. The van der Waals surface area contributed by atoms with E-state index in [-0.39, 0.29) is 5.78 Å². The number of carbonyl (C=O) groups is 1. The van der Waals surface area contributed by atoms with Gasteiger partial charge in [0, 0.05) is 11.3 Å². The fraction of sp³-hybridized carbons (Fsp3) is 0.417. The van der Waals surface area contributed by atoms with Gasteiger partial charge < -0.3 is 0 Å². The van der Waals surface area contributed by atoms with Crippen LogP contribution in [0.2, 0.25) is 0 Å². The van der Waals surface area contributed by atoms with Gasteiger partial charge in [-0.15, -0.1) is 11.3 Å². The van der Waals surface area contributed by atoms with E-state index in [0.717, 1.165) is 16.9 Å². The first-order valence-corrected chi connectivity index (χ1v) is 5.63. The van der Waals surface area contributed by atoms with E-state index >= 15 is 0 Å². The third-order valence-electron chi connectivity index (χ3n) is 2.35. The van der Waals surface area contributed by atoms with Crippen molar-refractivity contribution in [3.8, 4) is 0 Å². The van der Waals surface area contributed by atoms with Crippen LogP contribution in [-0.4, -0.2) is 5.78 Å². The van der Waals surface area contributed by atoms with Crippen LogP contribution < -0.4 is 0 Å². The van der Waals surface area contributed by atoms with E-state index in [2.05, 4.69) is 6.58 Å². The molecule has 0 amide bonds. The van der Waals surface area contributed by atoms with Gasteiger partial charge in [0.1, 0.15) is 0 Å². The third kappa shape index (κ3) is 2.55. The Balaban J connectivity index is 2.75. The standard InChI is InChI=1S/C12H16OS/c1-5-8(2)6-11(13)12-7-9(3)10(4)14-12/h7H,2,5-6H2,1,3-4H3. The highest BCUT2D eigenvalue weighted by Gasteiger charge is 2.10. The largest absolute Gasteiger partial charge is 0.293 e. The van der Waals surface area contributed by atoms with Crippen LogP contribution in [0.1, 0.15) is 39.9 Å². The van der Waals surface area contributed by atoms with Gasteiger partial charge in [0.05, 0.1) is 4.88 Å². The quantitative estimate of drug-likeness (QED) is 0.541. The predicted octanol–water partition coefficient (Wildman–Crippen LogP) is 3.90. The maximum Gasteiger partial charge on any atom is 0.176 e. The van der Waals surface area contributed by atoms with Crippen molar-refractivity contribution in [2.24, 2.45) is 0 Å². The molecule has 0 aliphatic heterocycles. The number of carbonyl (C=O) groups excluding carboxylic acids is 1. The van der Waals surface area contributed by atoms with Gasteiger partial charge in [0.15, 0.2) is 5.78 Å². The summed E-state index contributed by atoms with van der Waals surface area (Å²) >= 11 is 1.58. The molecular formula is C12H16OS. The number of thiophene rings is 1. The first-order chi connectivity index (χ1) is 6.54. The molecule has 0 fully saturated rings. The molecule has 0 aliphatic rings. The van der Waals surface area contributed by atoms with Crippen LogP contribution in [0, 0.1) is 13.8 Å². The topological polar surface area (TPSA) is 17.1 Å². The van der Waals surface area contributed by atoms with Crippen molar-refractivity contribution >= 4 is 17.1 Å². The normalized spacial score (nSPS) is 10.2. The second-order valence-corrected chi connectivity index (χ2v) is 4.81. The smallest absolute Gasteiger partial charge is 0.176 e. The molecule has 1 aromatic heterocycles. The molecule has 0 unspecified atom stereocenters. The van der Waals surface area contributed by atoms with Crippen LogP contribution in [0.15, 0.2) is 18.2 Å². The lowest BCUT2D eigenvalue weighted by Crippen LogP contribution is -1.96. The van der Waals surface area contributed by atoms with Gasteiger partial charge in [0.25, 0.3) is 0 Å². The first kappa shape index (κ1) is 11.2. The molecule has 0 aromatic carbocycles. The zero-order chi connectivity index (χ0) is 10.7. The third-order valence-corrected chi connectivity index (χ3v) is 3.54. The highest BCUT2D eigenvalue weighted by atomic mass is 32.1. The molecule has 0 bridgehead atoms. The van der Waals surface area contributed by atoms with Gasteiger partial charge in [-0.2, -0.15) is 0 Å². The number of ketones is 1. The molecule has 2 heteroatoms. The Labute approximate surface area is 89.5 Å². The van der Waals surface area contributed by atoms with Gasteiger partial charge in [0.2, 0.25) is 0 Å². The molecule has 1 heterocycles. The van der Waals surface area contributed by atoms with Crippen molar-refractivity contribution in [1.82, 2.24) is 0 Å². The summed E-state index contributed by atoms with van der Waals surface area (Å²) in [6.07, 6.45) is 1.38. The number of rotatable bonds is 4. The molecule has 0 saturated carbocycles. The second kappa shape index (κ2) is 4.56. The molecule has 0 spiro atoms. The zero-order valence-electron chi connectivity index (χ0n) is 9.02. The van der Waals surface area contributed by atoms with Crippen LogP contribution in [0.4, 0.5) is 0 Å². The molecule has 0 N–H and O–H groups in total. The zero-order valence-corrected chi connectivity index (χ0v) is 9.83. The van der Waals surface area contributed by atoms with Crippen LogP contribution in [0.25, 0.3) is 0 Å². The molecule has 1 nitrogen and oxygen atoms in total. The fourth-order valence-electron chi connectivity index (χ4n) is 1.15. The number of aryl methyl sites for hydroxylation is 2. The SMILES string of the molecule is C=C(CC)CC(=O)c1cc(C)c(C)s1. The van der Waals surface area contributed by atoms with E-state index in [1.54, 1.807) is 11.3 Å². The van der Waals surface area contributed by atoms with Crippen molar-refractivity contribution in [3.63, 3.8) is 0 Å². The van der Waals surface area contributed by atoms with Crippen molar-refractivity contribution in [2.75, 3.05) is 0 Å². The van der Waals surface area contributed by atoms with Gasteiger partial charge in [-0.1, -0.05) is 19.1 Å². The Bertz CT molecular complexity index is 341. The molecule has 1 rings (SSSR count). The maximum absolute atomic E-state index is 11.7. The van der Waals surface area contributed by atoms with Crippen molar-refractivity contribution in [3.05, 3.63) is 33.5 Å². The first-order valence-electron chi connectivity index (χ1n) is 4.81. The number of Topliss-reactive ketones (excluding diaryl/α,β-unsaturated/α-hetero) is 1. The lowest BCUT2D eigenvalue weighted by Gasteiger charge is -1.98. The number of allylic oxidation sites excluding steroid dienone is 1. The molecule has 14 heavy (non-hydrogen) atoms. The highest BCUT2D eigenvalue weighted by molar-refractivity contribution is 7.14. The van der Waals surface area contributed by atoms with E-state index < -0.39 is 0 Å². The molecule has 76 valence electrons. The summed E-state index contributed by atoms with van der Waals surface area (Å²) in [6, 6.07) is 1.98. The summed E-state index contributed by atoms with van der Waals surface area (Å²) < 4.78 is 0.